The van der Waals surface area contributed by atoms with E-state index in [1.54, 1.807) is 45.9 Å². The lowest BCUT2D eigenvalue weighted by atomic mass is 10.1. The number of nitrogens with one attached hydrogen (secondary N) is 1. The van der Waals surface area contributed by atoms with Crippen LogP contribution in [-0.4, -0.2) is 58.5 Å². The SMILES string of the molecule is O=C(/C=C/c1ccccc1)c1ccc(NC(=O)N2CCN(c3cc4c(cc3F)c(=O)c(C(=O)O)cn4C3CC3)CC2)cc1. The number of halogens is 1. The highest BCUT2D eigenvalue weighted by Gasteiger charge is 2.29. The molecule has 2 N–H and O–H groups in total. The second kappa shape index (κ2) is 11.6. The van der Waals surface area contributed by atoms with Gasteiger partial charge in [0, 0.05) is 55.1 Å². The summed E-state index contributed by atoms with van der Waals surface area (Å²) in [6.45, 7) is 1.44. The smallest absolute Gasteiger partial charge is 0.341 e. The van der Waals surface area contributed by atoms with Crippen molar-refractivity contribution >= 4 is 46.1 Å². The van der Waals surface area contributed by atoms with Gasteiger partial charge < -0.3 is 24.8 Å². The molecule has 1 aliphatic heterocycles. The normalized spacial score (nSPS) is 15.2. The Morgan fingerprint density at radius 3 is 2.28 bits per heavy atom. The predicted octanol–water partition coefficient (Wildman–Crippen LogP) is 5.42. The molecule has 1 saturated heterocycles. The van der Waals surface area contributed by atoms with Crippen molar-refractivity contribution in [1.82, 2.24) is 9.47 Å². The Morgan fingerprint density at radius 2 is 1.63 bits per heavy atom. The molecular formula is C33H29FN4O5. The number of carboxylic acids is 1. The van der Waals surface area contributed by atoms with Crippen LogP contribution in [-0.2, 0) is 0 Å². The minimum absolute atomic E-state index is 0.0472. The molecule has 0 unspecified atom stereocenters. The topological polar surface area (TPSA) is 112 Å². The standard InChI is InChI=1S/C33H29FN4O5/c34-27-18-25-28(38(24-11-12-24)20-26(31(25)40)32(41)42)19-29(27)36-14-16-37(17-15-36)33(43)35-23-9-7-22(8-10-23)30(39)13-6-21-4-2-1-3-5-21/h1-10,13,18-20,24H,11-12,14-17H2,(H,35,43)(H,41,42)/b13-6+. The van der Waals surface area contributed by atoms with Gasteiger partial charge in [0.25, 0.3) is 0 Å². The van der Waals surface area contributed by atoms with Crippen LogP contribution in [0.15, 0.2) is 83.8 Å². The number of pyridine rings is 1. The van der Waals surface area contributed by atoms with Crippen LogP contribution in [0.1, 0.15) is 45.2 Å². The molecule has 9 nitrogen and oxygen atoms in total. The monoisotopic (exact) mass is 580 g/mol. The molecule has 1 aliphatic carbocycles. The van der Waals surface area contributed by atoms with Gasteiger partial charge in [0.1, 0.15) is 11.4 Å². The molecule has 2 amide bonds. The molecule has 3 aromatic carbocycles. The maximum atomic E-state index is 15.3. The second-order valence-corrected chi connectivity index (χ2v) is 10.7. The molecule has 1 saturated carbocycles. The molecule has 2 fully saturated rings. The van der Waals surface area contributed by atoms with Crippen molar-refractivity contribution in [2.45, 2.75) is 18.9 Å². The van der Waals surface area contributed by atoms with E-state index < -0.39 is 17.2 Å². The van der Waals surface area contributed by atoms with E-state index in [4.69, 9.17) is 0 Å². The fourth-order valence-corrected chi connectivity index (χ4v) is 5.31. The number of aromatic carboxylic acids is 1. The van der Waals surface area contributed by atoms with E-state index in [1.807, 2.05) is 35.2 Å². The molecule has 10 heteroatoms. The predicted molar refractivity (Wildman–Crippen MR) is 162 cm³/mol. The lowest BCUT2D eigenvalue weighted by Crippen LogP contribution is -2.50. The summed E-state index contributed by atoms with van der Waals surface area (Å²) in [6, 6.07) is 18.7. The maximum absolute atomic E-state index is 15.3. The highest BCUT2D eigenvalue weighted by molar-refractivity contribution is 6.07. The number of carbonyl (C=O) groups is 3. The van der Waals surface area contributed by atoms with E-state index >= 15 is 4.39 Å². The summed E-state index contributed by atoms with van der Waals surface area (Å²) in [5.41, 5.74) is 1.73. The van der Waals surface area contributed by atoms with E-state index in [0.29, 0.717) is 48.6 Å². The number of carboxylic acid groups (broad SMARTS) is 1. The second-order valence-electron chi connectivity index (χ2n) is 10.7. The van der Waals surface area contributed by atoms with Crippen molar-refractivity contribution in [3.63, 3.8) is 0 Å². The molecule has 43 heavy (non-hydrogen) atoms. The Kier molecular flexibility index (Phi) is 7.50. The van der Waals surface area contributed by atoms with Crippen LogP contribution in [0.5, 0.6) is 0 Å². The van der Waals surface area contributed by atoms with Gasteiger partial charge in [0.15, 0.2) is 5.78 Å². The summed E-state index contributed by atoms with van der Waals surface area (Å²) >= 11 is 0. The van der Waals surface area contributed by atoms with Crippen LogP contribution in [0.3, 0.4) is 0 Å². The van der Waals surface area contributed by atoms with Gasteiger partial charge in [-0.1, -0.05) is 36.4 Å². The summed E-state index contributed by atoms with van der Waals surface area (Å²) < 4.78 is 17.0. The number of piperazine rings is 1. The molecule has 0 spiro atoms. The number of aromatic nitrogens is 1. The van der Waals surface area contributed by atoms with Gasteiger partial charge in [0.05, 0.1) is 11.2 Å². The van der Waals surface area contributed by atoms with Gasteiger partial charge in [-0.2, -0.15) is 0 Å². The van der Waals surface area contributed by atoms with Crippen molar-refractivity contribution < 1.29 is 23.9 Å². The Balaban J connectivity index is 1.10. The summed E-state index contributed by atoms with van der Waals surface area (Å²) in [5.74, 6) is -2.09. The van der Waals surface area contributed by atoms with Crippen LogP contribution in [0.4, 0.5) is 20.6 Å². The molecule has 4 aromatic rings. The van der Waals surface area contributed by atoms with Gasteiger partial charge in [-0.15, -0.1) is 0 Å². The highest BCUT2D eigenvalue weighted by Crippen LogP contribution is 2.38. The Morgan fingerprint density at radius 1 is 0.930 bits per heavy atom. The van der Waals surface area contributed by atoms with E-state index in [-0.39, 0.29) is 28.8 Å². The quantitative estimate of drug-likeness (QED) is 0.223. The number of carbonyl (C=O) groups excluding carboxylic acids is 2. The first-order valence-electron chi connectivity index (χ1n) is 14.1. The van der Waals surface area contributed by atoms with Crippen molar-refractivity contribution in [3.05, 3.63) is 112 Å². The zero-order valence-electron chi connectivity index (χ0n) is 23.2. The van der Waals surface area contributed by atoms with Gasteiger partial charge in [0.2, 0.25) is 5.43 Å². The number of rotatable bonds is 7. The first kappa shape index (κ1) is 27.9. The average molecular weight is 581 g/mol. The molecular weight excluding hydrogens is 551 g/mol. The molecule has 6 rings (SSSR count). The summed E-state index contributed by atoms with van der Waals surface area (Å²) in [6.07, 6.45) is 6.35. The van der Waals surface area contributed by atoms with Gasteiger partial charge >= 0.3 is 12.0 Å². The van der Waals surface area contributed by atoms with Crippen molar-refractivity contribution in [2.24, 2.45) is 0 Å². The minimum atomic E-state index is -1.33. The molecule has 0 bridgehead atoms. The minimum Gasteiger partial charge on any atom is -0.477 e. The number of allylic oxidation sites excluding steroid dienone is 1. The van der Waals surface area contributed by atoms with Gasteiger partial charge in [-0.25, -0.2) is 14.0 Å². The van der Waals surface area contributed by atoms with E-state index in [2.05, 4.69) is 5.32 Å². The molecule has 1 aromatic heterocycles. The Labute approximate surface area is 246 Å². The Hall–Kier alpha value is -5.25. The van der Waals surface area contributed by atoms with Crippen molar-refractivity contribution in [1.29, 1.82) is 0 Å². The third-order valence-electron chi connectivity index (χ3n) is 7.83. The number of ketones is 1. The van der Waals surface area contributed by atoms with E-state index in [9.17, 15) is 24.3 Å². The molecule has 2 heterocycles. The fourth-order valence-electron chi connectivity index (χ4n) is 5.31. The van der Waals surface area contributed by atoms with Gasteiger partial charge in [-0.05, 0) is 60.9 Å². The first-order valence-corrected chi connectivity index (χ1v) is 14.1. The number of nitrogens with zero attached hydrogens (tertiary/aromatic N) is 3. The number of benzene rings is 3. The highest BCUT2D eigenvalue weighted by atomic mass is 19.1. The Bertz CT molecular complexity index is 1810. The number of fused-ring (bicyclic) bond motifs is 1. The third-order valence-corrected chi connectivity index (χ3v) is 7.83. The summed E-state index contributed by atoms with van der Waals surface area (Å²) in [7, 11) is 0. The average Bonchev–Trinajstić information content (AvgIpc) is 3.86. The van der Waals surface area contributed by atoms with E-state index in [0.717, 1.165) is 24.5 Å². The lowest BCUT2D eigenvalue weighted by molar-refractivity contribution is 0.0694. The molecule has 2 aliphatic rings. The van der Waals surface area contributed by atoms with Crippen LogP contribution in [0, 0.1) is 5.82 Å². The van der Waals surface area contributed by atoms with Crippen LogP contribution >= 0.6 is 0 Å². The molecule has 0 radical (unpaired) electrons. The fraction of sp³-hybridized carbons (Fsp3) is 0.212. The molecule has 218 valence electrons. The lowest BCUT2D eigenvalue weighted by Gasteiger charge is -2.36. The summed E-state index contributed by atoms with van der Waals surface area (Å²) in [4.78, 5) is 53.3. The van der Waals surface area contributed by atoms with Crippen LogP contribution in [0.2, 0.25) is 0 Å². The number of anilines is 2. The van der Waals surface area contributed by atoms with Gasteiger partial charge in [-0.3, -0.25) is 9.59 Å². The largest absolute Gasteiger partial charge is 0.477 e. The van der Waals surface area contributed by atoms with Crippen LogP contribution in [0.25, 0.3) is 17.0 Å². The third kappa shape index (κ3) is 5.90. The number of amides is 2. The van der Waals surface area contributed by atoms with E-state index in [1.165, 1.54) is 12.3 Å². The number of hydrogen-bond acceptors (Lipinski definition) is 5. The zero-order valence-corrected chi connectivity index (χ0v) is 23.2. The van der Waals surface area contributed by atoms with Crippen molar-refractivity contribution in [2.75, 3.05) is 36.4 Å². The number of urea groups is 1. The molecule has 0 atom stereocenters. The van der Waals surface area contributed by atoms with Crippen LogP contribution < -0.4 is 15.6 Å². The maximum Gasteiger partial charge on any atom is 0.341 e. The first-order chi connectivity index (χ1) is 20.8. The number of hydrogen-bond donors (Lipinski definition) is 2. The summed E-state index contributed by atoms with van der Waals surface area (Å²) in [5, 5.41) is 12.4. The van der Waals surface area contributed by atoms with Crippen molar-refractivity contribution in [3.8, 4) is 0 Å². The zero-order chi connectivity index (χ0) is 30.1.